The fourth-order valence-corrected chi connectivity index (χ4v) is 2.97. The fourth-order valence-electron chi connectivity index (χ4n) is 2.97. The van der Waals surface area contributed by atoms with Gasteiger partial charge in [-0.3, -0.25) is 4.99 Å². The highest BCUT2D eigenvalue weighted by Gasteiger charge is 2.03. The van der Waals surface area contributed by atoms with Gasteiger partial charge in [-0.15, -0.1) is 24.0 Å². The van der Waals surface area contributed by atoms with Crippen LogP contribution in [0.2, 0.25) is 0 Å². The molecular weight excluding hydrogens is 463 g/mol. The Balaban J connectivity index is 0.00000280. The first-order valence-electron chi connectivity index (χ1n) is 9.05. The van der Waals surface area contributed by atoms with Crippen molar-refractivity contribution < 1.29 is 0 Å². The quantitative estimate of drug-likeness (QED) is 0.316. The summed E-state index contributed by atoms with van der Waals surface area (Å²) in [7, 11) is 1.79. The third-order valence-corrected chi connectivity index (χ3v) is 4.43. The molecule has 2 aromatic carbocycles. The van der Waals surface area contributed by atoms with Crippen molar-refractivity contribution in [2.45, 2.75) is 33.5 Å². The minimum Gasteiger partial charge on any atom is -0.352 e. The molecule has 3 aromatic rings. The monoisotopic (exact) mass is 490 g/mol. The zero-order chi connectivity index (χ0) is 19.1. The molecule has 6 nitrogen and oxygen atoms in total. The number of hydrogen-bond donors (Lipinski definition) is 2. The van der Waals surface area contributed by atoms with E-state index in [1.807, 2.05) is 4.68 Å². The van der Waals surface area contributed by atoms with Crippen LogP contribution in [0.5, 0.6) is 0 Å². The molecule has 3 rings (SSSR count). The lowest BCUT2D eigenvalue weighted by molar-refractivity contribution is 0.683. The van der Waals surface area contributed by atoms with Crippen molar-refractivity contribution in [1.29, 1.82) is 0 Å². The van der Waals surface area contributed by atoms with Crippen LogP contribution in [-0.2, 0) is 19.6 Å². The fraction of sp³-hybridized carbons (Fsp3) is 0.286. The summed E-state index contributed by atoms with van der Waals surface area (Å²) in [5, 5.41) is 10.9. The van der Waals surface area contributed by atoms with E-state index in [0.717, 1.165) is 12.5 Å². The number of hydrogen-bond acceptors (Lipinski definition) is 3. The number of benzene rings is 2. The topological polar surface area (TPSA) is 67.1 Å². The van der Waals surface area contributed by atoms with Crippen LogP contribution in [0.15, 0.2) is 60.1 Å². The van der Waals surface area contributed by atoms with Gasteiger partial charge < -0.3 is 10.6 Å². The normalized spacial score (nSPS) is 11.0. The second-order valence-electron chi connectivity index (χ2n) is 6.62. The van der Waals surface area contributed by atoms with E-state index in [4.69, 9.17) is 0 Å². The first-order valence-corrected chi connectivity index (χ1v) is 9.05. The molecular formula is C21H27IN6. The number of nitrogens with zero attached hydrogens (tertiary/aromatic N) is 4. The number of guanidine groups is 1. The molecule has 0 saturated heterocycles. The van der Waals surface area contributed by atoms with Crippen LogP contribution in [0.4, 0.5) is 0 Å². The number of halogens is 1. The lowest BCUT2D eigenvalue weighted by Crippen LogP contribution is -2.36. The van der Waals surface area contributed by atoms with Gasteiger partial charge in [-0.05, 0) is 36.1 Å². The molecule has 1 heterocycles. The molecule has 148 valence electrons. The van der Waals surface area contributed by atoms with Crippen LogP contribution in [0.25, 0.3) is 0 Å². The summed E-state index contributed by atoms with van der Waals surface area (Å²) in [4.78, 5) is 8.30. The van der Waals surface area contributed by atoms with Crippen LogP contribution in [0.1, 0.15) is 27.8 Å². The van der Waals surface area contributed by atoms with E-state index in [9.17, 15) is 0 Å². The minimum atomic E-state index is 0. The number of rotatable bonds is 6. The molecule has 0 aliphatic rings. The highest BCUT2D eigenvalue weighted by molar-refractivity contribution is 14.0. The van der Waals surface area contributed by atoms with Gasteiger partial charge in [-0.2, -0.15) is 5.10 Å². The third kappa shape index (κ3) is 6.33. The van der Waals surface area contributed by atoms with E-state index in [2.05, 4.69) is 82.0 Å². The van der Waals surface area contributed by atoms with E-state index in [1.54, 1.807) is 19.7 Å². The maximum atomic E-state index is 4.32. The molecule has 0 spiro atoms. The number of aryl methyl sites for hydroxylation is 2. The Kier molecular flexibility index (Phi) is 8.43. The zero-order valence-corrected chi connectivity index (χ0v) is 18.8. The zero-order valence-electron chi connectivity index (χ0n) is 16.5. The maximum absolute atomic E-state index is 4.32. The molecule has 0 unspecified atom stereocenters. The second kappa shape index (κ2) is 10.8. The standard InChI is InChI=1S/C21H26N6.HI/c1-16-7-8-20(17(2)9-16)12-25-21(22-3)24-11-18-5-4-6-19(10-18)13-27-15-23-14-26-27;/h4-10,14-15H,11-13H2,1-3H3,(H2,22,24,25);1H. The third-order valence-electron chi connectivity index (χ3n) is 4.43. The molecule has 0 aliphatic carbocycles. The van der Waals surface area contributed by atoms with Gasteiger partial charge in [0.05, 0.1) is 6.54 Å². The lowest BCUT2D eigenvalue weighted by Gasteiger charge is -2.14. The van der Waals surface area contributed by atoms with Crippen molar-refractivity contribution in [1.82, 2.24) is 25.4 Å². The Labute approximate surface area is 183 Å². The van der Waals surface area contributed by atoms with Gasteiger partial charge in [0.1, 0.15) is 12.7 Å². The van der Waals surface area contributed by atoms with E-state index in [-0.39, 0.29) is 24.0 Å². The molecule has 0 bridgehead atoms. The summed E-state index contributed by atoms with van der Waals surface area (Å²) in [6, 6.07) is 14.9. The Bertz CT molecular complexity index is 905. The van der Waals surface area contributed by atoms with Crippen LogP contribution in [0, 0.1) is 13.8 Å². The summed E-state index contributed by atoms with van der Waals surface area (Å²) in [5.41, 5.74) is 6.24. The second-order valence-corrected chi connectivity index (χ2v) is 6.62. The summed E-state index contributed by atoms with van der Waals surface area (Å²) < 4.78 is 1.82. The Morgan fingerprint density at radius 2 is 1.82 bits per heavy atom. The van der Waals surface area contributed by atoms with Crippen molar-refractivity contribution in [2.24, 2.45) is 4.99 Å². The average molecular weight is 490 g/mol. The molecule has 2 N–H and O–H groups in total. The average Bonchev–Trinajstić information content (AvgIpc) is 3.16. The van der Waals surface area contributed by atoms with Gasteiger partial charge in [-0.1, -0.05) is 48.0 Å². The highest BCUT2D eigenvalue weighted by Crippen LogP contribution is 2.10. The van der Waals surface area contributed by atoms with E-state index in [0.29, 0.717) is 13.1 Å². The van der Waals surface area contributed by atoms with Crippen molar-refractivity contribution in [3.63, 3.8) is 0 Å². The predicted octanol–water partition coefficient (Wildman–Crippen LogP) is 3.43. The molecule has 0 radical (unpaired) electrons. The van der Waals surface area contributed by atoms with Gasteiger partial charge in [0, 0.05) is 20.1 Å². The van der Waals surface area contributed by atoms with Crippen molar-refractivity contribution in [3.8, 4) is 0 Å². The minimum absolute atomic E-state index is 0. The largest absolute Gasteiger partial charge is 0.352 e. The van der Waals surface area contributed by atoms with Crippen molar-refractivity contribution in [3.05, 3.63) is 82.9 Å². The van der Waals surface area contributed by atoms with Crippen LogP contribution in [0.3, 0.4) is 0 Å². The highest BCUT2D eigenvalue weighted by atomic mass is 127. The molecule has 0 fully saturated rings. The number of nitrogens with one attached hydrogen (secondary N) is 2. The molecule has 0 atom stereocenters. The SMILES string of the molecule is CN=C(NCc1cccc(Cn2cncn2)c1)NCc1ccc(C)cc1C.I. The van der Waals surface area contributed by atoms with E-state index < -0.39 is 0 Å². The van der Waals surface area contributed by atoms with Gasteiger partial charge in [0.15, 0.2) is 5.96 Å². The summed E-state index contributed by atoms with van der Waals surface area (Å²) in [6.45, 7) is 6.42. The first-order chi connectivity index (χ1) is 13.1. The van der Waals surface area contributed by atoms with E-state index >= 15 is 0 Å². The molecule has 0 aliphatic heterocycles. The summed E-state index contributed by atoms with van der Waals surface area (Å²) in [5.74, 6) is 0.789. The van der Waals surface area contributed by atoms with Gasteiger partial charge in [-0.25, -0.2) is 9.67 Å². The smallest absolute Gasteiger partial charge is 0.191 e. The molecule has 28 heavy (non-hydrogen) atoms. The molecule has 7 heteroatoms. The van der Waals surface area contributed by atoms with Gasteiger partial charge >= 0.3 is 0 Å². The van der Waals surface area contributed by atoms with Crippen LogP contribution in [-0.4, -0.2) is 27.8 Å². The predicted molar refractivity (Wildman–Crippen MR) is 124 cm³/mol. The summed E-state index contributed by atoms with van der Waals surface area (Å²) >= 11 is 0. The lowest BCUT2D eigenvalue weighted by atomic mass is 10.1. The van der Waals surface area contributed by atoms with Crippen molar-refractivity contribution in [2.75, 3.05) is 7.05 Å². The molecule has 1 aromatic heterocycles. The molecule has 0 saturated carbocycles. The van der Waals surface area contributed by atoms with Gasteiger partial charge in [0.2, 0.25) is 0 Å². The Morgan fingerprint density at radius 3 is 2.54 bits per heavy atom. The van der Waals surface area contributed by atoms with E-state index in [1.165, 1.54) is 27.8 Å². The van der Waals surface area contributed by atoms with Crippen molar-refractivity contribution >= 4 is 29.9 Å². The maximum Gasteiger partial charge on any atom is 0.191 e. The summed E-state index contributed by atoms with van der Waals surface area (Å²) in [6.07, 6.45) is 3.28. The van der Waals surface area contributed by atoms with Gasteiger partial charge in [0.25, 0.3) is 0 Å². The van der Waals surface area contributed by atoms with Crippen LogP contribution >= 0.6 is 24.0 Å². The molecule has 0 amide bonds. The first kappa shape index (κ1) is 21.9. The van der Waals surface area contributed by atoms with Crippen LogP contribution < -0.4 is 10.6 Å². The number of aromatic nitrogens is 3. The Hall–Kier alpha value is -2.42. The number of aliphatic imine (C=N–C) groups is 1. The Morgan fingerprint density at radius 1 is 1.04 bits per heavy atom.